The van der Waals surface area contributed by atoms with Crippen molar-refractivity contribution in [2.24, 2.45) is 5.41 Å². The van der Waals surface area contributed by atoms with Crippen LogP contribution in [-0.2, 0) is 0 Å². The van der Waals surface area contributed by atoms with Crippen LogP contribution in [0.25, 0.3) is 0 Å². The maximum absolute atomic E-state index is 5.59. The summed E-state index contributed by atoms with van der Waals surface area (Å²) in [4.78, 5) is 0. The van der Waals surface area contributed by atoms with E-state index in [1.54, 1.807) is 0 Å². The number of hydrogen-bond acceptors (Lipinski definition) is 2. The second-order valence-corrected chi connectivity index (χ2v) is 4.29. The highest BCUT2D eigenvalue weighted by atomic mass is 14.9. The lowest BCUT2D eigenvalue weighted by atomic mass is 10.1. The van der Waals surface area contributed by atoms with E-state index in [-0.39, 0.29) is 0 Å². The summed E-state index contributed by atoms with van der Waals surface area (Å²) in [6.45, 7) is 3.40. The normalized spacial score (nSPS) is 18.2. The van der Waals surface area contributed by atoms with Gasteiger partial charge in [0, 0.05) is 17.9 Å². The molecule has 2 rings (SSSR count). The molecule has 13 heavy (non-hydrogen) atoms. The standard InChI is InChI=1S/C11H16N2/c1-11(6-7-11)8-13-10-4-2-9(12)3-5-10/h2-5,13H,6-8,12H2,1H3. The van der Waals surface area contributed by atoms with E-state index in [0.29, 0.717) is 5.41 Å². The molecule has 2 nitrogen and oxygen atoms in total. The lowest BCUT2D eigenvalue weighted by Crippen LogP contribution is -2.11. The SMILES string of the molecule is CC1(CNc2ccc(N)cc2)CC1. The molecule has 1 aromatic carbocycles. The molecule has 0 unspecified atom stereocenters. The quantitative estimate of drug-likeness (QED) is 0.694. The van der Waals surface area contributed by atoms with Crippen LogP contribution < -0.4 is 11.1 Å². The van der Waals surface area contributed by atoms with Gasteiger partial charge in [0.25, 0.3) is 0 Å². The Morgan fingerprint density at radius 1 is 1.31 bits per heavy atom. The molecule has 0 aliphatic heterocycles. The predicted octanol–water partition coefficient (Wildman–Crippen LogP) is 2.48. The summed E-state index contributed by atoms with van der Waals surface area (Å²) in [5.41, 5.74) is 8.14. The van der Waals surface area contributed by atoms with E-state index in [1.165, 1.54) is 18.5 Å². The second kappa shape index (κ2) is 2.95. The van der Waals surface area contributed by atoms with Crippen LogP contribution in [0.4, 0.5) is 11.4 Å². The van der Waals surface area contributed by atoms with Crippen molar-refractivity contribution < 1.29 is 0 Å². The Hall–Kier alpha value is -1.18. The number of nitrogens with two attached hydrogens (primary N) is 1. The molecule has 3 N–H and O–H groups in total. The van der Waals surface area contributed by atoms with Crippen molar-refractivity contribution in [3.05, 3.63) is 24.3 Å². The first-order valence-electron chi connectivity index (χ1n) is 4.77. The van der Waals surface area contributed by atoms with Gasteiger partial charge >= 0.3 is 0 Å². The van der Waals surface area contributed by atoms with Crippen LogP contribution >= 0.6 is 0 Å². The predicted molar refractivity (Wildman–Crippen MR) is 56.7 cm³/mol. The minimum absolute atomic E-state index is 0.557. The van der Waals surface area contributed by atoms with Gasteiger partial charge in [-0.05, 0) is 42.5 Å². The summed E-state index contributed by atoms with van der Waals surface area (Å²) >= 11 is 0. The van der Waals surface area contributed by atoms with Crippen LogP contribution in [0, 0.1) is 5.41 Å². The second-order valence-electron chi connectivity index (χ2n) is 4.29. The summed E-state index contributed by atoms with van der Waals surface area (Å²) in [6, 6.07) is 7.91. The number of benzene rings is 1. The van der Waals surface area contributed by atoms with Gasteiger partial charge in [0.05, 0.1) is 0 Å². The molecule has 1 aromatic rings. The van der Waals surface area contributed by atoms with Crippen LogP contribution in [0.5, 0.6) is 0 Å². The number of rotatable bonds is 3. The topological polar surface area (TPSA) is 38.0 Å². The van der Waals surface area contributed by atoms with Crippen LogP contribution in [0.2, 0.25) is 0 Å². The van der Waals surface area contributed by atoms with E-state index in [4.69, 9.17) is 5.73 Å². The largest absolute Gasteiger partial charge is 0.399 e. The van der Waals surface area contributed by atoms with Crippen LogP contribution in [0.1, 0.15) is 19.8 Å². The maximum atomic E-state index is 5.59. The van der Waals surface area contributed by atoms with Crippen LogP contribution in [-0.4, -0.2) is 6.54 Å². The molecule has 0 aromatic heterocycles. The molecule has 0 amide bonds. The number of hydrogen-bond donors (Lipinski definition) is 2. The van der Waals surface area contributed by atoms with Gasteiger partial charge in [0.1, 0.15) is 0 Å². The Bertz CT molecular complexity index is 285. The van der Waals surface area contributed by atoms with Crippen LogP contribution in [0.15, 0.2) is 24.3 Å². The van der Waals surface area contributed by atoms with Crippen molar-refractivity contribution in [3.8, 4) is 0 Å². The third kappa shape index (κ3) is 2.14. The first kappa shape index (κ1) is 8.42. The molecule has 0 spiro atoms. The Morgan fingerprint density at radius 2 is 1.92 bits per heavy atom. The minimum atomic E-state index is 0.557. The molecule has 0 radical (unpaired) electrons. The molecule has 0 saturated heterocycles. The zero-order valence-corrected chi connectivity index (χ0v) is 8.01. The van der Waals surface area contributed by atoms with Gasteiger partial charge in [-0.25, -0.2) is 0 Å². The molecule has 0 atom stereocenters. The van der Waals surface area contributed by atoms with Gasteiger partial charge in [-0.3, -0.25) is 0 Å². The molecular weight excluding hydrogens is 160 g/mol. The van der Waals surface area contributed by atoms with E-state index >= 15 is 0 Å². The zero-order chi connectivity index (χ0) is 9.31. The molecule has 1 aliphatic carbocycles. The van der Waals surface area contributed by atoms with Crippen molar-refractivity contribution in [2.75, 3.05) is 17.6 Å². The highest BCUT2D eigenvalue weighted by molar-refractivity contribution is 5.51. The Kier molecular flexibility index (Phi) is 1.91. The summed E-state index contributed by atoms with van der Waals surface area (Å²) in [5.74, 6) is 0. The minimum Gasteiger partial charge on any atom is -0.399 e. The molecule has 1 aliphatic rings. The smallest absolute Gasteiger partial charge is 0.0341 e. The van der Waals surface area contributed by atoms with Crippen molar-refractivity contribution in [2.45, 2.75) is 19.8 Å². The molecule has 2 heteroatoms. The molecule has 0 bridgehead atoms. The van der Waals surface area contributed by atoms with Gasteiger partial charge in [-0.15, -0.1) is 0 Å². The fourth-order valence-corrected chi connectivity index (χ4v) is 1.31. The number of nitrogens with one attached hydrogen (secondary N) is 1. The summed E-state index contributed by atoms with van der Waals surface area (Å²) < 4.78 is 0. The summed E-state index contributed by atoms with van der Waals surface area (Å²) in [7, 11) is 0. The average molecular weight is 176 g/mol. The molecule has 1 fully saturated rings. The van der Waals surface area contributed by atoms with Gasteiger partial charge < -0.3 is 11.1 Å². The Balaban J connectivity index is 1.91. The molecule has 1 saturated carbocycles. The van der Waals surface area contributed by atoms with Crippen LogP contribution in [0.3, 0.4) is 0 Å². The first-order chi connectivity index (χ1) is 6.18. The molecular formula is C11H16N2. The summed E-state index contributed by atoms with van der Waals surface area (Å²) in [6.07, 6.45) is 2.71. The van der Waals surface area contributed by atoms with E-state index in [9.17, 15) is 0 Å². The van der Waals surface area contributed by atoms with Crippen molar-refractivity contribution >= 4 is 11.4 Å². The summed E-state index contributed by atoms with van der Waals surface area (Å²) in [5, 5.41) is 3.42. The molecule has 70 valence electrons. The Morgan fingerprint density at radius 3 is 2.46 bits per heavy atom. The van der Waals surface area contributed by atoms with E-state index < -0.39 is 0 Å². The fourth-order valence-electron chi connectivity index (χ4n) is 1.31. The lowest BCUT2D eigenvalue weighted by molar-refractivity contribution is 0.611. The Labute approximate surface area is 79.1 Å². The van der Waals surface area contributed by atoms with E-state index in [0.717, 1.165) is 12.2 Å². The number of nitrogen functional groups attached to an aromatic ring is 1. The van der Waals surface area contributed by atoms with Crippen molar-refractivity contribution in [1.82, 2.24) is 0 Å². The van der Waals surface area contributed by atoms with E-state index in [1.807, 2.05) is 24.3 Å². The average Bonchev–Trinajstić information content (AvgIpc) is 2.84. The lowest BCUT2D eigenvalue weighted by Gasteiger charge is -2.11. The number of anilines is 2. The van der Waals surface area contributed by atoms with Gasteiger partial charge in [-0.1, -0.05) is 6.92 Å². The third-order valence-electron chi connectivity index (χ3n) is 2.73. The highest BCUT2D eigenvalue weighted by Gasteiger charge is 2.36. The van der Waals surface area contributed by atoms with Gasteiger partial charge in [0.15, 0.2) is 0 Å². The van der Waals surface area contributed by atoms with Gasteiger partial charge in [0.2, 0.25) is 0 Å². The maximum Gasteiger partial charge on any atom is 0.0341 e. The van der Waals surface area contributed by atoms with Gasteiger partial charge in [-0.2, -0.15) is 0 Å². The van der Waals surface area contributed by atoms with E-state index in [2.05, 4.69) is 12.2 Å². The first-order valence-corrected chi connectivity index (χ1v) is 4.77. The van der Waals surface area contributed by atoms with Crippen molar-refractivity contribution in [1.29, 1.82) is 0 Å². The third-order valence-corrected chi connectivity index (χ3v) is 2.73. The molecule has 0 heterocycles. The van der Waals surface area contributed by atoms with Crippen molar-refractivity contribution in [3.63, 3.8) is 0 Å². The zero-order valence-electron chi connectivity index (χ0n) is 8.01. The fraction of sp³-hybridized carbons (Fsp3) is 0.455. The highest BCUT2D eigenvalue weighted by Crippen LogP contribution is 2.44. The monoisotopic (exact) mass is 176 g/mol.